The third kappa shape index (κ3) is 2.85. The van der Waals surface area contributed by atoms with Crippen LogP contribution in [0, 0.1) is 19.3 Å². The van der Waals surface area contributed by atoms with E-state index in [1.165, 1.54) is 0 Å². The zero-order valence-corrected chi connectivity index (χ0v) is 14.4. The highest BCUT2D eigenvalue weighted by Crippen LogP contribution is 2.38. The van der Waals surface area contributed by atoms with E-state index in [-0.39, 0.29) is 11.2 Å². The molecule has 0 radical (unpaired) electrons. The summed E-state index contributed by atoms with van der Waals surface area (Å²) in [6.45, 7) is 10.8. The minimum Gasteiger partial charge on any atom is -0.368 e. The second-order valence-electron chi connectivity index (χ2n) is 7.00. The molecule has 0 amide bonds. The number of nitrogens with one attached hydrogen (secondary N) is 1. The molecule has 0 spiro atoms. The molecule has 2 aromatic rings. The highest BCUT2D eigenvalue weighted by Gasteiger charge is 2.37. The van der Waals surface area contributed by atoms with Crippen LogP contribution in [0.3, 0.4) is 0 Å². The Balaban J connectivity index is 2.22. The summed E-state index contributed by atoms with van der Waals surface area (Å²) < 4.78 is 1.74. The first-order chi connectivity index (χ1) is 10.8. The number of nitrogens with zero attached hydrogens (tertiary/aromatic N) is 4. The zero-order valence-electron chi connectivity index (χ0n) is 14.4. The Morgan fingerprint density at radius 1 is 1.22 bits per heavy atom. The molecule has 0 aliphatic heterocycles. The molecular weight excluding hydrogens is 290 g/mol. The predicted octanol–water partition coefficient (Wildman–Crippen LogP) is 2.87. The van der Waals surface area contributed by atoms with Crippen LogP contribution in [0.1, 0.15) is 54.6 Å². The summed E-state index contributed by atoms with van der Waals surface area (Å²) in [7, 11) is 0. The third-order valence-electron chi connectivity index (χ3n) is 4.05. The Morgan fingerprint density at radius 3 is 2.48 bits per heavy atom. The van der Waals surface area contributed by atoms with Gasteiger partial charge < -0.3 is 5.32 Å². The molecule has 6 heteroatoms. The Kier molecular flexibility index (Phi) is 3.70. The molecule has 3 rings (SSSR count). The van der Waals surface area contributed by atoms with Crippen LogP contribution < -0.4 is 5.32 Å². The highest BCUT2D eigenvalue weighted by atomic mass is 16.1. The van der Waals surface area contributed by atoms with Crippen molar-refractivity contribution in [1.29, 1.82) is 0 Å². The number of aromatic nitrogens is 4. The van der Waals surface area contributed by atoms with Crippen LogP contribution in [-0.4, -0.2) is 32.1 Å². The number of carbonyl (C=O) groups is 1. The predicted molar refractivity (Wildman–Crippen MR) is 89.2 cm³/mol. The first-order valence-corrected chi connectivity index (χ1v) is 8.02. The van der Waals surface area contributed by atoms with E-state index in [1.54, 1.807) is 4.68 Å². The smallest absolute Gasteiger partial charge is 0.251 e. The van der Waals surface area contributed by atoms with Gasteiger partial charge in [-0.25, -0.2) is 14.6 Å². The summed E-state index contributed by atoms with van der Waals surface area (Å²) >= 11 is 0. The Hall–Kier alpha value is -2.24. The molecule has 0 saturated heterocycles. The maximum absolute atomic E-state index is 12.6. The fraction of sp³-hybridized carbons (Fsp3) is 0.529. The zero-order chi connectivity index (χ0) is 16.8. The SMILES string of the molecule is CCNc1nn(-c2nc(C)cc(C)n2)c2c1C(=O)CC(C)(C)C2. The quantitative estimate of drug-likeness (QED) is 0.943. The molecule has 1 aliphatic rings. The van der Waals surface area contributed by atoms with Crippen LogP contribution in [0.15, 0.2) is 6.07 Å². The topological polar surface area (TPSA) is 72.7 Å². The average molecular weight is 313 g/mol. The molecule has 2 heterocycles. The van der Waals surface area contributed by atoms with Gasteiger partial charge in [0, 0.05) is 24.4 Å². The fourth-order valence-electron chi connectivity index (χ4n) is 3.21. The van der Waals surface area contributed by atoms with Crippen molar-refractivity contribution in [3.05, 3.63) is 28.7 Å². The van der Waals surface area contributed by atoms with Crippen molar-refractivity contribution in [3.63, 3.8) is 0 Å². The van der Waals surface area contributed by atoms with Gasteiger partial charge in [0.25, 0.3) is 5.95 Å². The monoisotopic (exact) mass is 313 g/mol. The molecule has 0 fully saturated rings. The van der Waals surface area contributed by atoms with Crippen LogP contribution in [-0.2, 0) is 6.42 Å². The number of hydrogen-bond acceptors (Lipinski definition) is 5. The van der Waals surface area contributed by atoms with Crippen LogP contribution in [0.4, 0.5) is 5.82 Å². The molecule has 0 unspecified atom stereocenters. The first kappa shape index (κ1) is 15.6. The molecule has 0 saturated carbocycles. The molecule has 1 aliphatic carbocycles. The summed E-state index contributed by atoms with van der Waals surface area (Å²) in [6, 6.07) is 1.93. The Morgan fingerprint density at radius 2 is 1.87 bits per heavy atom. The number of aryl methyl sites for hydroxylation is 2. The first-order valence-electron chi connectivity index (χ1n) is 8.02. The number of anilines is 1. The third-order valence-corrected chi connectivity index (χ3v) is 4.05. The number of Topliss-reactive ketones (excluding diaryl/α,β-unsaturated/α-hetero) is 1. The highest BCUT2D eigenvalue weighted by molar-refractivity contribution is 6.03. The largest absolute Gasteiger partial charge is 0.368 e. The van der Waals surface area contributed by atoms with E-state index >= 15 is 0 Å². The van der Waals surface area contributed by atoms with E-state index < -0.39 is 0 Å². The maximum Gasteiger partial charge on any atom is 0.251 e. The Labute approximate surface area is 136 Å². The number of rotatable bonds is 3. The second kappa shape index (κ2) is 5.44. The minimum absolute atomic E-state index is 0.0791. The van der Waals surface area contributed by atoms with E-state index in [1.807, 2.05) is 26.8 Å². The van der Waals surface area contributed by atoms with Gasteiger partial charge in [0.1, 0.15) is 0 Å². The lowest BCUT2D eigenvalue weighted by atomic mass is 9.76. The van der Waals surface area contributed by atoms with Gasteiger partial charge in [-0.2, -0.15) is 0 Å². The van der Waals surface area contributed by atoms with Crippen molar-refractivity contribution in [1.82, 2.24) is 19.7 Å². The summed E-state index contributed by atoms with van der Waals surface area (Å²) in [4.78, 5) is 21.7. The summed E-state index contributed by atoms with van der Waals surface area (Å²) in [5.41, 5.74) is 3.32. The molecule has 0 aromatic carbocycles. The summed E-state index contributed by atoms with van der Waals surface area (Å²) in [5, 5.41) is 7.81. The van der Waals surface area contributed by atoms with Gasteiger partial charge in [0.15, 0.2) is 11.6 Å². The van der Waals surface area contributed by atoms with Crippen LogP contribution in [0.2, 0.25) is 0 Å². The molecule has 0 bridgehead atoms. The van der Waals surface area contributed by atoms with Gasteiger partial charge in [-0.1, -0.05) is 13.8 Å². The van der Waals surface area contributed by atoms with Gasteiger partial charge in [-0.05, 0) is 38.7 Å². The van der Waals surface area contributed by atoms with Gasteiger partial charge in [-0.3, -0.25) is 4.79 Å². The van der Waals surface area contributed by atoms with Crippen molar-refractivity contribution in [3.8, 4) is 5.95 Å². The minimum atomic E-state index is -0.0791. The molecule has 0 atom stereocenters. The summed E-state index contributed by atoms with van der Waals surface area (Å²) in [6.07, 6.45) is 1.32. The standard InChI is InChI=1S/C17H23N5O/c1-6-18-15-14-12(8-17(4,5)9-13(14)23)22(21-15)16-19-10(2)7-11(3)20-16/h7H,6,8-9H2,1-5H3,(H,18,21). The molecule has 1 N–H and O–H groups in total. The molecule has 2 aromatic heterocycles. The Bertz CT molecular complexity index is 755. The number of fused-ring (bicyclic) bond motifs is 1. The average Bonchev–Trinajstić information content (AvgIpc) is 2.75. The fourth-order valence-corrected chi connectivity index (χ4v) is 3.21. The van der Waals surface area contributed by atoms with Crippen molar-refractivity contribution in [2.75, 3.05) is 11.9 Å². The van der Waals surface area contributed by atoms with Crippen LogP contribution >= 0.6 is 0 Å². The van der Waals surface area contributed by atoms with E-state index in [0.29, 0.717) is 30.3 Å². The maximum atomic E-state index is 12.6. The molecule has 122 valence electrons. The second-order valence-corrected chi connectivity index (χ2v) is 7.00. The number of carbonyl (C=O) groups excluding carboxylic acids is 1. The van der Waals surface area contributed by atoms with Crippen molar-refractivity contribution >= 4 is 11.6 Å². The van der Waals surface area contributed by atoms with Crippen molar-refractivity contribution < 1.29 is 4.79 Å². The van der Waals surface area contributed by atoms with Crippen molar-refractivity contribution in [2.24, 2.45) is 5.41 Å². The van der Waals surface area contributed by atoms with Crippen LogP contribution in [0.25, 0.3) is 5.95 Å². The lowest BCUT2D eigenvalue weighted by molar-refractivity contribution is 0.0911. The van der Waals surface area contributed by atoms with Gasteiger partial charge >= 0.3 is 0 Å². The lowest BCUT2D eigenvalue weighted by Crippen LogP contribution is -2.28. The van der Waals surface area contributed by atoms with Crippen molar-refractivity contribution in [2.45, 2.75) is 47.5 Å². The molecule has 6 nitrogen and oxygen atoms in total. The lowest BCUT2D eigenvalue weighted by Gasteiger charge is -2.28. The normalized spacial score (nSPS) is 16.3. The number of ketones is 1. The van der Waals surface area contributed by atoms with E-state index in [4.69, 9.17) is 0 Å². The molecule has 23 heavy (non-hydrogen) atoms. The van der Waals surface area contributed by atoms with Gasteiger partial charge in [0.05, 0.1) is 11.3 Å². The summed E-state index contributed by atoms with van der Waals surface area (Å²) in [5.74, 6) is 1.32. The van der Waals surface area contributed by atoms with Gasteiger partial charge in [-0.15, -0.1) is 5.10 Å². The number of hydrogen-bond donors (Lipinski definition) is 1. The van der Waals surface area contributed by atoms with E-state index in [0.717, 1.165) is 23.5 Å². The van der Waals surface area contributed by atoms with Gasteiger partial charge in [0.2, 0.25) is 0 Å². The van der Waals surface area contributed by atoms with E-state index in [9.17, 15) is 4.79 Å². The molecular formula is C17H23N5O. The van der Waals surface area contributed by atoms with Crippen LogP contribution in [0.5, 0.6) is 0 Å². The van der Waals surface area contributed by atoms with E-state index in [2.05, 4.69) is 34.2 Å².